The molecule has 0 bridgehead atoms. The van der Waals surface area contributed by atoms with E-state index in [-0.39, 0.29) is 31.5 Å². The molecule has 4 rings (SSSR count). The van der Waals surface area contributed by atoms with Crippen molar-refractivity contribution < 1.29 is 23.0 Å². The van der Waals surface area contributed by atoms with E-state index >= 15 is 4.39 Å². The van der Waals surface area contributed by atoms with Crippen molar-refractivity contribution in [2.45, 2.75) is 46.8 Å². The van der Waals surface area contributed by atoms with Gasteiger partial charge in [-0.05, 0) is 81.3 Å². The molecule has 35 heavy (non-hydrogen) atoms. The number of carbonyl (C=O) groups excluding carboxylic acids is 1. The molecule has 0 N–H and O–H groups in total. The van der Waals surface area contributed by atoms with Gasteiger partial charge in [0.1, 0.15) is 18.2 Å². The lowest BCUT2D eigenvalue weighted by atomic mass is 9.98. The van der Waals surface area contributed by atoms with E-state index < -0.39 is 11.8 Å². The predicted octanol–water partition coefficient (Wildman–Crippen LogP) is 6.56. The topological polar surface area (TPSA) is 53.4 Å². The van der Waals surface area contributed by atoms with Crippen molar-refractivity contribution in [1.82, 2.24) is 9.55 Å². The maximum atomic E-state index is 15.1. The van der Waals surface area contributed by atoms with Gasteiger partial charge in [-0.25, -0.2) is 8.78 Å². The third-order valence-corrected chi connectivity index (χ3v) is 5.86. The second-order valence-electron chi connectivity index (χ2n) is 8.67. The molecule has 0 fully saturated rings. The second-order valence-corrected chi connectivity index (χ2v) is 8.67. The highest BCUT2D eigenvalue weighted by Crippen LogP contribution is 2.35. The first-order chi connectivity index (χ1) is 16.8. The third-order valence-electron chi connectivity index (χ3n) is 5.86. The summed E-state index contributed by atoms with van der Waals surface area (Å²) in [6.07, 6.45) is 3.50. The van der Waals surface area contributed by atoms with Crippen molar-refractivity contribution in [1.29, 1.82) is 0 Å². The molecule has 182 valence electrons. The number of halogens is 2. The van der Waals surface area contributed by atoms with Gasteiger partial charge in [0.25, 0.3) is 0 Å². The van der Waals surface area contributed by atoms with Crippen LogP contribution in [0.25, 0.3) is 22.0 Å². The highest BCUT2D eigenvalue weighted by molar-refractivity contribution is 5.96. The minimum absolute atomic E-state index is 0.0943. The number of aryl methyl sites for hydroxylation is 1. The number of carbonyl (C=O) groups is 1. The molecule has 2 heterocycles. The van der Waals surface area contributed by atoms with E-state index in [9.17, 15) is 9.18 Å². The number of hydrogen-bond donors (Lipinski definition) is 0. The van der Waals surface area contributed by atoms with Gasteiger partial charge in [-0.15, -0.1) is 0 Å². The molecule has 0 aliphatic heterocycles. The molecule has 5 nitrogen and oxygen atoms in total. The molecule has 0 atom stereocenters. The maximum absolute atomic E-state index is 15.1. The Morgan fingerprint density at radius 2 is 1.89 bits per heavy atom. The second kappa shape index (κ2) is 10.3. The van der Waals surface area contributed by atoms with E-state index in [1.54, 1.807) is 26.1 Å². The molecule has 2 aromatic carbocycles. The Labute approximate surface area is 203 Å². The maximum Gasteiger partial charge on any atom is 0.310 e. The molecule has 0 unspecified atom stereocenters. The molecule has 0 amide bonds. The number of benzene rings is 2. The molecule has 7 heteroatoms. The Bertz CT molecular complexity index is 1380. The number of hydrogen-bond acceptors (Lipinski definition) is 4. The zero-order valence-corrected chi connectivity index (χ0v) is 20.3. The zero-order valence-electron chi connectivity index (χ0n) is 20.3. The van der Waals surface area contributed by atoms with Gasteiger partial charge < -0.3 is 14.0 Å². The summed E-state index contributed by atoms with van der Waals surface area (Å²) in [5.74, 6) is -0.880. The normalized spacial score (nSPS) is 11.3. The molecule has 0 spiro atoms. The summed E-state index contributed by atoms with van der Waals surface area (Å²) in [4.78, 5) is 16.0. The number of aromatic nitrogens is 2. The summed E-state index contributed by atoms with van der Waals surface area (Å²) in [5.41, 5.74) is 3.72. The van der Waals surface area contributed by atoms with E-state index in [2.05, 4.69) is 23.4 Å². The Hall–Kier alpha value is -3.74. The van der Waals surface area contributed by atoms with Gasteiger partial charge in [-0.3, -0.25) is 9.78 Å². The van der Waals surface area contributed by atoms with Crippen molar-refractivity contribution in [3.05, 3.63) is 83.3 Å². The lowest BCUT2D eigenvalue weighted by molar-refractivity contribution is -0.142. The van der Waals surface area contributed by atoms with Gasteiger partial charge in [0.15, 0.2) is 5.82 Å². The molecule has 0 aliphatic carbocycles. The van der Waals surface area contributed by atoms with Crippen molar-refractivity contribution in [2.24, 2.45) is 0 Å². The summed E-state index contributed by atoms with van der Waals surface area (Å²) in [6.45, 7) is 7.92. The summed E-state index contributed by atoms with van der Waals surface area (Å²) in [5, 5.41) is 0.928. The van der Waals surface area contributed by atoms with Crippen LogP contribution in [0.3, 0.4) is 0 Å². The zero-order chi connectivity index (χ0) is 25.1. The summed E-state index contributed by atoms with van der Waals surface area (Å²) < 4.78 is 42.1. The van der Waals surface area contributed by atoms with Crippen LogP contribution in [-0.2, 0) is 22.6 Å². The highest BCUT2D eigenvalue weighted by atomic mass is 19.1. The Morgan fingerprint density at radius 1 is 1.09 bits per heavy atom. The van der Waals surface area contributed by atoms with Gasteiger partial charge in [0, 0.05) is 40.5 Å². The van der Waals surface area contributed by atoms with E-state index in [1.165, 1.54) is 18.2 Å². The SMILES string of the molecule is CCOC(=O)Cc1cc(F)ccc1OCc1cc(-c2ccnc(C)c2F)c2ccn(C(C)C)c2c1. The Morgan fingerprint density at radius 3 is 2.63 bits per heavy atom. The van der Waals surface area contributed by atoms with Crippen LogP contribution in [0.4, 0.5) is 8.78 Å². The van der Waals surface area contributed by atoms with Crippen molar-refractivity contribution >= 4 is 16.9 Å². The standard InChI is InChI=1S/C28H28F2N2O3/c1-5-34-27(33)15-20-14-21(29)6-7-26(20)35-16-19-12-24(23-8-10-31-18(4)28(23)30)22-9-11-32(17(2)3)25(22)13-19/h6-14,17H,5,15-16H2,1-4H3. The van der Waals surface area contributed by atoms with Crippen LogP contribution in [0.1, 0.15) is 43.6 Å². The van der Waals surface area contributed by atoms with Crippen LogP contribution in [0.15, 0.2) is 54.9 Å². The lowest BCUT2D eigenvalue weighted by Crippen LogP contribution is -2.09. The predicted molar refractivity (Wildman–Crippen MR) is 131 cm³/mol. The number of rotatable bonds is 8. The van der Waals surface area contributed by atoms with Gasteiger partial charge >= 0.3 is 5.97 Å². The van der Waals surface area contributed by atoms with Crippen molar-refractivity contribution in [3.63, 3.8) is 0 Å². The molecule has 4 aromatic rings. The third kappa shape index (κ3) is 5.19. The van der Waals surface area contributed by atoms with Crippen molar-refractivity contribution in [3.8, 4) is 16.9 Å². The quantitative estimate of drug-likeness (QED) is 0.269. The van der Waals surface area contributed by atoms with Crippen LogP contribution in [0.2, 0.25) is 0 Å². The fourth-order valence-electron chi connectivity index (χ4n) is 4.19. The van der Waals surface area contributed by atoms with Gasteiger partial charge in [-0.1, -0.05) is 0 Å². The van der Waals surface area contributed by atoms with Crippen LogP contribution in [-0.4, -0.2) is 22.1 Å². The molecular formula is C28H28F2N2O3. The summed E-state index contributed by atoms with van der Waals surface area (Å²) in [6, 6.07) is 11.9. The van der Waals surface area contributed by atoms with Crippen LogP contribution in [0, 0.1) is 18.6 Å². The first kappa shape index (κ1) is 24.4. The van der Waals surface area contributed by atoms with Crippen LogP contribution < -0.4 is 4.74 Å². The Kier molecular flexibility index (Phi) is 7.15. The summed E-state index contributed by atoms with van der Waals surface area (Å²) >= 11 is 0. The van der Waals surface area contributed by atoms with E-state index in [0.29, 0.717) is 22.6 Å². The van der Waals surface area contributed by atoms with Crippen molar-refractivity contribution in [2.75, 3.05) is 6.61 Å². The molecular weight excluding hydrogens is 450 g/mol. The molecule has 2 aromatic heterocycles. The molecule has 0 saturated carbocycles. The van der Waals surface area contributed by atoms with E-state index in [0.717, 1.165) is 22.0 Å². The Balaban J connectivity index is 1.74. The number of nitrogens with zero attached hydrogens (tertiary/aromatic N) is 2. The fourth-order valence-corrected chi connectivity index (χ4v) is 4.19. The monoisotopic (exact) mass is 478 g/mol. The highest BCUT2D eigenvalue weighted by Gasteiger charge is 2.17. The molecule has 0 aliphatic rings. The first-order valence-corrected chi connectivity index (χ1v) is 11.6. The average Bonchev–Trinajstić information content (AvgIpc) is 3.24. The first-order valence-electron chi connectivity index (χ1n) is 11.6. The van der Waals surface area contributed by atoms with Gasteiger partial charge in [0.05, 0.1) is 18.7 Å². The number of ether oxygens (including phenoxy) is 2. The lowest BCUT2D eigenvalue weighted by Gasteiger charge is -2.15. The van der Waals surface area contributed by atoms with E-state index in [1.807, 2.05) is 24.4 Å². The van der Waals surface area contributed by atoms with Crippen LogP contribution in [0.5, 0.6) is 5.75 Å². The number of pyridine rings is 1. The smallest absolute Gasteiger partial charge is 0.310 e. The molecule has 0 saturated heterocycles. The van der Waals surface area contributed by atoms with E-state index in [4.69, 9.17) is 9.47 Å². The van der Waals surface area contributed by atoms with Gasteiger partial charge in [-0.2, -0.15) is 0 Å². The minimum atomic E-state index is -0.460. The molecule has 0 radical (unpaired) electrons. The largest absolute Gasteiger partial charge is 0.489 e. The minimum Gasteiger partial charge on any atom is -0.489 e. The fraction of sp³-hybridized carbons (Fsp3) is 0.286. The van der Waals surface area contributed by atoms with Crippen LogP contribution >= 0.6 is 0 Å². The van der Waals surface area contributed by atoms with Gasteiger partial charge in [0.2, 0.25) is 0 Å². The average molecular weight is 479 g/mol. The summed E-state index contributed by atoms with van der Waals surface area (Å²) in [7, 11) is 0. The number of fused-ring (bicyclic) bond motifs is 1. The number of esters is 1.